The Morgan fingerprint density at radius 2 is 1.87 bits per heavy atom. The number of hydrazone groups is 1. The number of phenolic OH excluding ortho intramolecular Hbond substituents is 1. The number of benzene rings is 2. The van der Waals surface area contributed by atoms with Gasteiger partial charge in [0.15, 0.2) is 5.11 Å². The van der Waals surface area contributed by atoms with E-state index >= 15 is 0 Å². The number of thiocarbonyl (C=S) groups is 1. The van der Waals surface area contributed by atoms with Gasteiger partial charge in [-0.25, -0.2) is 5.01 Å². The fourth-order valence-corrected chi connectivity index (χ4v) is 2.99. The molecular weight excluding hydrogens is 353 g/mol. The minimum absolute atomic E-state index is 0.113. The molecule has 3 rings (SSSR count). The lowest BCUT2D eigenvalue weighted by Crippen LogP contribution is -2.31. The van der Waals surface area contributed by atoms with E-state index < -0.39 is 0 Å². The highest BCUT2D eigenvalue weighted by atomic mass is 35.5. The number of hydrogen-bond donors (Lipinski definition) is 2. The maximum Gasteiger partial charge on any atom is 0.187 e. The lowest BCUT2D eigenvalue weighted by Gasteiger charge is -2.21. The third kappa shape index (κ3) is 3.27. The summed E-state index contributed by atoms with van der Waals surface area (Å²) in [5.41, 5.74) is 8.48. The summed E-state index contributed by atoms with van der Waals surface area (Å²) in [6, 6.07) is 12.2. The molecule has 1 unspecified atom stereocenters. The van der Waals surface area contributed by atoms with Crippen LogP contribution in [0.4, 0.5) is 0 Å². The Hall–Kier alpha value is -1.82. The van der Waals surface area contributed by atoms with E-state index in [-0.39, 0.29) is 16.9 Å². The van der Waals surface area contributed by atoms with Gasteiger partial charge in [-0.15, -0.1) is 0 Å². The monoisotopic (exact) mass is 365 g/mol. The van der Waals surface area contributed by atoms with Crippen molar-refractivity contribution in [1.82, 2.24) is 5.01 Å². The van der Waals surface area contributed by atoms with Gasteiger partial charge in [-0.2, -0.15) is 5.10 Å². The molecule has 4 nitrogen and oxygen atoms in total. The lowest BCUT2D eigenvalue weighted by atomic mass is 9.98. The summed E-state index contributed by atoms with van der Waals surface area (Å²) in [4.78, 5) is 0. The van der Waals surface area contributed by atoms with Crippen LogP contribution in [0.25, 0.3) is 0 Å². The Bertz CT molecular complexity index is 792. The van der Waals surface area contributed by atoms with Gasteiger partial charge in [-0.3, -0.25) is 0 Å². The molecule has 0 fully saturated rings. The minimum Gasteiger partial charge on any atom is -0.508 e. The average Bonchev–Trinajstić information content (AvgIpc) is 2.96. The van der Waals surface area contributed by atoms with Gasteiger partial charge in [-0.05, 0) is 47.6 Å². The zero-order chi connectivity index (χ0) is 16.6. The SMILES string of the molecule is NC(=S)N1N=C(c2ccc(Cl)c(Cl)c2)CC1c1ccc(O)cc1. The first kappa shape index (κ1) is 16.1. The number of phenols is 1. The predicted molar refractivity (Wildman–Crippen MR) is 97.1 cm³/mol. The molecule has 2 aromatic carbocycles. The summed E-state index contributed by atoms with van der Waals surface area (Å²) < 4.78 is 0. The van der Waals surface area contributed by atoms with E-state index in [0.29, 0.717) is 16.5 Å². The molecule has 0 radical (unpaired) electrons. The molecule has 118 valence electrons. The first-order valence-electron chi connectivity index (χ1n) is 6.86. The molecule has 0 aromatic heterocycles. The summed E-state index contributed by atoms with van der Waals surface area (Å²) >= 11 is 17.2. The zero-order valence-corrected chi connectivity index (χ0v) is 14.2. The standard InChI is InChI=1S/C16H13Cl2N3OS/c17-12-6-3-10(7-13(12)18)14-8-15(21(20-14)16(19)23)9-1-4-11(22)5-2-9/h1-7,15,22H,8H2,(H2,19,23). The maximum absolute atomic E-state index is 9.44. The summed E-state index contributed by atoms with van der Waals surface area (Å²) in [7, 11) is 0. The van der Waals surface area contributed by atoms with Crippen molar-refractivity contribution in [2.75, 3.05) is 0 Å². The van der Waals surface area contributed by atoms with E-state index in [2.05, 4.69) is 5.10 Å². The second kappa shape index (κ2) is 6.35. The summed E-state index contributed by atoms with van der Waals surface area (Å²) in [6.07, 6.45) is 0.625. The van der Waals surface area contributed by atoms with Crippen LogP contribution in [0.1, 0.15) is 23.6 Å². The van der Waals surface area contributed by atoms with Gasteiger partial charge in [0.05, 0.1) is 21.8 Å². The highest BCUT2D eigenvalue weighted by Crippen LogP contribution is 2.34. The Morgan fingerprint density at radius 1 is 1.17 bits per heavy atom. The third-order valence-electron chi connectivity index (χ3n) is 3.67. The molecule has 0 spiro atoms. The molecule has 0 saturated carbocycles. The van der Waals surface area contributed by atoms with Crippen LogP contribution in [0.2, 0.25) is 10.0 Å². The van der Waals surface area contributed by atoms with Gasteiger partial charge >= 0.3 is 0 Å². The molecule has 2 aromatic rings. The molecular formula is C16H13Cl2N3OS. The Kier molecular flexibility index (Phi) is 4.43. The molecule has 3 N–H and O–H groups in total. The first-order valence-corrected chi connectivity index (χ1v) is 8.02. The molecule has 0 saturated heterocycles. The van der Waals surface area contributed by atoms with Crippen LogP contribution in [0, 0.1) is 0 Å². The summed E-state index contributed by atoms with van der Waals surface area (Å²) in [5, 5.41) is 16.7. The maximum atomic E-state index is 9.44. The lowest BCUT2D eigenvalue weighted by molar-refractivity contribution is 0.372. The predicted octanol–water partition coefficient (Wildman–Crippen LogP) is 4.09. The van der Waals surface area contributed by atoms with Gasteiger partial charge in [0.1, 0.15) is 5.75 Å². The average molecular weight is 366 g/mol. The van der Waals surface area contributed by atoms with Crippen molar-refractivity contribution in [1.29, 1.82) is 0 Å². The van der Waals surface area contributed by atoms with Crippen LogP contribution >= 0.6 is 35.4 Å². The summed E-state index contributed by atoms with van der Waals surface area (Å²) in [6.45, 7) is 0. The number of nitrogens with zero attached hydrogens (tertiary/aromatic N) is 2. The van der Waals surface area contributed by atoms with Gasteiger partial charge in [0.2, 0.25) is 0 Å². The van der Waals surface area contributed by atoms with E-state index in [1.807, 2.05) is 18.2 Å². The van der Waals surface area contributed by atoms with Crippen molar-refractivity contribution in [2.45, 2.75) is 12.5 Å². The van der Waals surface area contributed by atoms with Gasteiger partial charge in [0, 0.05) is 6.42 Å². The van der Waals surface area contributed by atoms with Crippen molar-refractivity contribution >= 4 is 46.2 Å². The number of hydrogen-bond acceptors (Lipinski definition) is 3. The highest BCUT2D eigenvalue weighted by Gasteiger charge is 2.30. The van der Waals surface area contributed by atoms with Gasteiger partial charge < -0.3 is 10.8 Å². The van der Waals surface area contributed by atoms with Crippen LogP contribution in [-0.4, -0.2) is 20.9 Å². The summed E-state index contributed by atoms with van der Waals surface area (Å²) in [5.74, 6) is 0.208. The van der Waals surface area contributed by atoms with E-state index in [4.69, 9.17) is 41.2 Å². The second-order valence-electron chi connectivity index (χ2n) is 5.17. The Morgan fingerprint density at radius 3 is 2.48 bits per heavy atom. The van der Waals surface area contributed by atoms with Crippen molar-refractivity contribution in [3.05, 3.63) is 63.6 Å². The van der Waals surface area contributed by atoms with Crippen molar-refractivity contribution in [2.24, 2.45) is 10.8 Å². The van der Waals surface area contributed by atoms with Crippen LogP contribution in [0.15, 0.2) is 47.6 Å². The number of nitrogens with two attached hydrogens (primary N) is 1. The second-order valence-corrected chi connectivity index (χ2v) is 6.40. The Balaban J connectivity index is 1.95. The fraction of sp³-hybridized carbons (Fsp3) is 0.125. The third-order valence-corrected chi connectivity index (χ3v) is 4.59. The molecule has 7 heteroatoms. The molecule has 1 atom stereocenters. The van der Waals surface area contributed by atoms with Crippen molar-refractivity contribution in [3.63, 3.8) is 0 Å². The molecule has 0 bridgehead atoms. The van der Waals surface area contributed by atoms with Crippen LogP contribution in [-0.2, 0) is 0 Å². The van der Waals surface area contributed by atoms with Gasteiger partial charge in [0.25, 0.3) is 0 Å². The molecule has 1 heterocycles. The zero-order valence-electron chi connectivity index (χ0n) is 11.9. The van der Waals surface area contributed by atoms with E-state index in [9.17, 15) is 5.11 Å². The normalized spacial score (nSPS) is 17.2. The van der Waals surface area contributed by atoms with E-state index in [0.717, 1.165) is 16.8 Å². The van der Waals surface area contributed by atoms with Crippen molar-refractivity contribution in [3.8, 4) is 5.75 Å². The molecule has 0 amide bonds. The molecule has 1 aliphatic rings. The number of aromatic hydroxyl groups is 1. The van der Waals surface area contributed by atoms with E-state index in [1.54, 1.807) is 29.3 Å². The van der Waals surface area contributed by atoms with Crippen LogP contribution in [0.5, 0.6) is 5.75 Å². The molecule has 23 heavy (non-hydrogen) atoms. The Labute approximate surface area is 149 Å². The largest absolute Gasteiger partial charge is 0.508 e. The molecule has 0 aliphatic carbocycles. The number of halogens is 2. The van der Waals surface area contributed by atoms with E-state index in [1.165, 1.54) is 0 Å². The van der Waals surface area contributed by atoms with Gasteiger partial charge in [-0.1, -0.05) is 41.4 Å². The fourth-order valence-electron chi connectivity index (χ4n) is 2.52. The van der Waals surface area contributed by atoms with Crippen LogP contribution < -0.4 is 5.73 Å². The number of rotatable bonds is 2. The minimum atomic E-state index is -0.113. The first-order chi connectivity index (χ1) is 11.0. The highest BCUT2D eigenvalue weighted by molar-refractivity contribution is 7.80. The topological polar surface area (TPSA) is 61.8 Å². The van der Waals surface area contributed by atoms with Crippen molar-refractivity contribution < 1.29 is 5.11 Å². The van der Waals surface area contributed by atoms with Crippen LogP contribution in [0.3, 0.4) is 0 Å². The molecule has 1 aliphatic heterocycles. The quantitative estimate of drug-likeness (QED) is 0.786. The smallest absolute Gasteiger partial charge is 0.187 e.